The summed E-state index contributed by atoms with van der Waals surface area (Å²) in [5.74, 6) is -1.34. The number of halogens is 2. The van der Waals surface area contributed by atoms with Gasteiger partial charge in [0, 0.05) is 6.54 Å². The van der Waals surface area contributed by atoms with E-state index in [1.807, 2.05) is 0 Å². The highest BCUT2D eigenvalue weighted by Crippen LogP contribution is 2.30. The molecule has 1 aliphatic heterocycles. The van der Waals surface area contributed by atoms with Crippen LogP contribution in [0.25, 0.3) is 0 Å². The van der Waals surface area contributed by atoms with Crippen LogP contribution >= 0.6 is 23.2 Å². The lowest BCUT2D eigenvalue weighted by Gasteiger charge is -2.15. The zero-order valence-electron chi connectivity index (χ0n) is 8.21. The predicted molar refractivity (Wildman–Crippen MR) is 61.5 cm³/mol. The third-order valence-corrected chi connectivity index (χ3v) is 3.34. The number of carbonyl (C=O) groups is 1. The number of hydrazine groups is 1. The van der Waals surface area contributed by atoms with Gasteiger partial charge in [-0.2, -0.15) is 0 Å². The Hall–Kier alpha value is -0.810. The molecule has 1 saturated heterocycles. The monoisotopic (exact) mass is 260 g/mol. The summed E-state index contributed by atoms with van der Waals surface area (Å²) >= 11 is 11.7. The quantitative estimate of drug-likeness (QED) is 0.760. The number of hydrogen-bond donors (Lipinski definition) is 3. The second-order valence-corrected chi connectivity index (χ2v) is 4.44. The van der Waals surface area contributed by atoms with Crippen molar-refractivity contribution in [2.75, 3.05) is 6.54 Å². The van der Waals surface area contributed by atoms with Crippen LogP contribution in [0, 0.1) is 5.92 Å². The summed E-state index contributed by atoms with van der Waals surface area (Å²) < 4.78 is 0. The highest BCUT2D eigenvalue weighted by Gasteiger charge is 2.33. The molecule has 0 bridgehead atoms. The molecule has 0 amide bonds. The SMILES string of the molecule is O=C(O)C1CNNC1c1ccc(Cl)c(Cl)c1. The average molecular weight is 261 g/mol. The van der Waals surface area contributed by atoms with Crippen LogP contribution in [0.15, 0.2) is 18.2 Å². The van der Waals surface area contributed by atoms with Crippen LogP contribution in [-0.4, -0.2) is 17.6 Å². The average Bonchev–Trinajstić information content (AvgIpc) is 2.71. The van der Waals surface area contributed by atoms with E-state index in [1.165, 1.54) is 0 Å². The molecular formula is C10H10Cl2N2O2. The summed E-state index contributed by atoms with van der Waals surface area (Å²) in [6.45, 7) is 0.389. The first-order valence-corrected chi connectivity index (χ1v) is 5.51. The molecule has 0 saturated carbocycles. The Morgan fingerprint density at radius 2 is 2.12 bits per heavy atom. The Labute approximate surface area is 103 Å². The lowest BCUT2D eigenvalue weighted by Crippen LogP contribution is -2.26. The smallest absolute Gasteiger partial charge is 0.309 e. The van der Waals surface area contributed by atoms with Gasteiger partial charge in [-0.05, 0) is 17.7 Å². The molecular weight excluding hydrogens is 251 g/mol. The molecule has 6 heteroatoms. The van der Waals surface area contributed by atoms with Crippen LogP contribution in [0.5, 0.6) is 0 Å². The number of benzene rings is 1. The normalized spacial score (nSPS) is 24.6. The van der Waals surface area contributed by atoms with Crippen LogP contribution in [0.3, 0.4) is 0 Å². The van der Waals surface area contributed by atoms with Crippen LogP contribution in [-0.2, 0) is 4.79 Å². The van der Waals surface area contributed by atoms with E-state index in [2.05, 4.69) is 10.9 Å². The molecule has 3 N–H and O–H groups in total. The van der Waals surface area contributed by atoms with E-state index in [9.17, 15) is 4.79 Å². The van der Waals surface area contributed by atoms with E-state index in [0.717, 1.165) is 5.56 Å². The van der Waals surface area contributed by atoms with E-state index >= 15 is 0 Å². The zero-order valence-corrected chi connectivity index (χ0v) is 9.72. The number of hydrogen-bond acceptors (Lipinski definition) is 3. The van der Waals surface area contributed by atoms with Crippen LogP contribution in [0.2, 0.25) is 10.0 Å². The standard InChI is InChI=1S/C10H10Cl2N2O2/c11-7-2-1-5(3-8(7)12)9-6(10(15)16)4-13-14-9/h1-3,6,9,13-14H,4H2,(H,15,16). The molecule has 86 valence electrons. The first-order chi connectivity index (χ1) is 7.59. The van der Waals surface area contributed by atoms with Crippen molar-refractivity contribution in [2.45, 2.75) is 6.04 Å². The minimum Gasteiger partial charge on any atom is -0.481 e. The van der Waals surface area contributed by atoms with Crippen LogP contribution in [0.1, 0.15) is 11.6 Å². The molecule has 2 atom stereocenters. The van der Waals surface area contributed by atoms with E-state index in [0.29, 0.717) is 16.6 Å². The van der Waals surface area contributed by atoms with E-state index in [4.69, 9.17) is 28.3 Å². The fraction of sp³-hybridized carbons (Fsp3) is 0.300. The van der Waals surface area contributed by atoms with Crippen molar-refractivity contribution in [1.82, 2.24) is 10.9 Å². The Morgan fingerprint density at radius 1 is 1.38 bits per heavy atom. The summed E-state index contributed by atoms with van der Waals surface area (Å²) in [6.07, 6.45) is 0. The van der Waals surface area contributed by atoms with Gasteiger partial charge >= 0.3 is 5.97 Å². The van der Waals surface area contributed by atoms with Crippen LogP contribution < -0.4 is 10.9 Å². The molecule has 0 radical (unpaired) electrons. The van der Waals surface area contributed by atoms with E-state index in [1.54, 1.807) is 18.2 Å². The van der Waals surface area contributed by atoms with Gasteiger partial charge in [0.15, 0.2) is 0 Å². The second-order valence-electron chi connectivity index (χ2n) is 3.62. The topological polar surface area (TPSA) is 61.4 Å². The molecule has 1 fully saturated rings. The van der Waals surface area contributed by atoms with Gasteiger partial charge in [0.25, 0.3) is 0 Å². The second kappa shape index (κ2) is 4.59. The highest BCUT2D eigenvalue weighted by molar-refractivity contribution is 6.42. The van der Waals surface area contributed by atoms with Gasteiger partial charge in [0.2, 0.25) is 0 Å². The molecule has 0 spiro atoms. The third kappa shape index (κ3) is 2.15. The van der Waals surface area contributed by atoms with Crippen molar-refractivity contribution in [1.29, 1.82) is 0 Å². The maximum Gasteiger partial charge on any atom is 0.309 e. The molecule has 1 heterocycles. The Bertz CT molecular complexity index is 425. The summed E-state index contributed by atoms with van der Waals surface area (Å²) in [7, 11) is 0. The first kappa shape index (κ1) is 11.7. The summed E-state index contributed by atoms with van der Waals surface area (Å²) in [5, 5.41) is 9.92. The summed E-state index contributed by atoms with van der Waals surface area (Å²) in [4.78, 5) is 11.0. The van der Waals surface area contributed by atoms with Crippen molar-refractivity contribution in [3.8, 4) is 0 Å². The fourth-order valence-electron chi connectivity index (χ4n) is 1.75. The van der Waals surface area contributed by atoms with Gasteiger partial charge in [-0.25, -0.2) is 5.43 Å². The molecule has 1 aromatic rings. The summed E-state index contributed by atoms with van der Waals surface area (Å²) in [5.41, 5.74) is 6.56. The minimum atomic E-state index is -0.839. The Morgan fingerprint density at radius 3 is 2.75 bits per heavy atom. The maximum absolute atomic E-state index is 11.0. The van der Waals surface area contributed by atoms with Crippen molar-refractivity contribution in [3.63, 3.8) is 0 Å². The Balaban J connectivity index is 2.29. The largest absolute Gasteiger partial charge is 0.481 e. The predicted octanol–water partition coefficient (Wildman–Crippen LogP) is 1.84. The molecule has 0 aromatic heterocycles. The zero-order chi connectivity index (χ0) is 11.7. The van der Waals surface area contributed by atoms with E-state index < -0.39 is 11.9 Å². The number of carboxylic acid groups (broad SMARTS) is 1. The third-order valence-electron chi connectivity index (χ3n) is 2.60. The maximum atomic E-state index is 11.0. The van der Waals surface area contributed by atoms with Gasteiger partial charge in [0.1, 0.15) is 0 Å². The molecule has 0 aliphatic carbocycles. The highest BCUT2D eigenvalue weighted by atomic mass is 35.5. The van der Waals surface area contributed by atoms with E-state index in [-0.39, 0.29) is 6.04 Å². The van der Waals surface area contributed by atoms with Gasteiger partial charge in [-0.1, -0.05) is 29.3 Å². The van der Waals surface area contributed by atoms with Gasteiger partial charge in [-0.3, -0.25) is 10.2 Å². The molecule has 2 unspecified atom stereocenters. The number of aliphatic carboxylic acids is 1. The van der Waals surface area contributed by atoms with Gasteiger partial charge < -0.3 is 5.11 Å². The number of carboxylic acids is 1. The first-order valence-electron chi connectivity index (χ1n) is 4.75. The van der Waals surface area contributed by atoms with Gasteiger partial charge in [-0.15, -0.1) is 0 Å². The van der Waals surface area contributed by atoms with Crippen LogP contribution in [0.4, 0.5) is 0 Å². The number of nitrogens with one attached hydrogen (secondary N) is 2. The van der Waals surface area contributed by atoms with Crippen molar-refractivity contribution >= 4 is 29.2 Å². The summed E-state index contributed by atoms with van der Waals surface area (Å²) in [6, 6.07) is 4.84. The number of rotatable bonds is 2. The molecule has 1 aromatic carbocycles. The van der Waals surface area contributed by atoms with Gasteiger partial charge in [0.05, 0.1) is 22.0 Å². The van der Waals surface area contributed by atoms with Crippen molar-refractivity contribution < 1.29 is 9.90 Å². The minimum absolute atomic E-state index is 0.285. The molecule has 2 rings (SSSR count). The molecule has 1 aliphatic rings. The lowest BCUT2D eigenvalue weighted by atomic mass is 9.95. The molecule has 4 nitrogen and oxygen atoms in total. The van der Waals surface area contributed by atoms with Crippen molar-refractivity contribution in [2.24, 2.45) is 5.92 Å². The lowest BCUT2D eigenvalue weighted by molar-refractivity contribution is -0.141. The van der Waals surface area contributed by atoms with Crippen molar-refractivity contribution in [3.05, 3.63) is 33.8 Å². The molecule has 16 heavy (non-hydrogen) atoms. The Kier molecular flexibility index (Phi) is 3.35. The fourth-order valence-corrected chi connectivity index (χ4v) is 2.06.